The van der Waals surface area contributed by atoms with Crippen LogP contribution in [-0.2, 0) is 0 Å². The van der Waals surface area contributed by atoms with Gasteiger partial charge in [-0.3, -0.25) is 0 Å². The highest BCUT2D eigenvalue weighted by molar-refractivity contribution is 4.84. The van der Waals surface area contributed by atoms with E-state index < -0.39 is 0 Å². The maximum absolute atomic E-state index is 3.88. The monoisotopic (exact) mass is 209 g/mol. The molecule has 0 bridgehead atoms. The molecule has 88 valence electrons. The Kier molecular flexibility index (Phi) is 4.07. The Hall–Kier alpha value is -0.0400. The van der Waals surface area contributed by atoms with Crippen LogP contribution in [0, 0.1) is 11.8 Å². The Bertz CT molecular complexity index is 184. The van der Waals surface area contributed by atoms with Crippen LogP contribution in [0.2, 0.25) is 0 Å². The molecular weight excluding hydrogens is 182 g/mol. The topological polar surface area (TPSA) is 12.0 Å². The molecule has 2 aliphatic rings. The van der Waals surface area contributed by atoms with Gasteiger partial charge in [0.1, 0.15) is 0 Å². The van der Waals surface area contributed by atoms with Gasteiger partial charge in [0, 0.05) is 12.1 Å². The molecule has 0 heterocycles. The van der Waals surface area contributed by atoms with Gasteiger partial charge < -0.3 is 5.32 Å². The summed E-state index contributed by atoms with van der Waals surface area (Å²) in [4.78, 5) is 0. The number of hydrogen-bond acceptors (Lipinski definition) is 1. The quantitative estimate of drug-likeness (QED) is 0.747. The third-order valence-electron chi connectivity index (χ3n) is 4.55. The van der Waals surface area contributed by atoms with E-state index in [0.717, 1.165) is 23.9 Å². The molecule has 3 atom stereocenters. The second kappa shape index (κ2) is 5.34. The van der Waals surface area contributed by atoms with Crippen LogP contribution in [0.25, 0.3) is 0 Å². The number of hydrogen-bond donors (Lipinski definition) is 1. The Balaban J connectivity index is 1.73. The molecule has 2 fully saturated rings. The van der Waals surface area contributed by atoms with E-state index in [2.05, 4.69) is 19.2 Å². The zero-order valence-corrected chi connectivity index (χ0v) is 10.5. The van der Waals surface area contributed by atoms with E-state index in [4.69, 9.17) is 0 Å². The zero-order chi connectivity index (χ0) is 10.7. The highest BCUT2D eigenvalue weighted by Crippen LogP contribution is 2.29. The van der Waals surface area contributed by atoms with Crippen molar-refractivity contribution in [2.45, 2.75) is 77.3 Å². The summed E-state index contributed by atoms with van der Waals surface area (Å²) in [7, 11) is 0. The van der Waals surface area contributed by atoms with Gasteiger partial charge in [-0.25, -0.2) is 0 Å². The van der Waals surface area contributed by atoms with E-state index >= 15 is 0 Å². The van der Waals surface area contributed by atoms with E-state index in [1.807, 2.05) is 0 Å². The van der Waals surface area contributed by atoms with Crippen molar-refractivity contribution < 1.29 is 0 Å². The lowest BCUT2D eigenvalue weighted by Gasteiger charge is -2.30. The molecule has 0 radical (unpaired) electrons. The van der Waals surface area contributed by atoms with E-state index in [0.29, 0.717) is 0 Å². The highest BCUT2D eigenvalue weighted by atomic mass is 15.0. The largest absolute Gasteiger partial charge is 0.311 e. The number of nitrogens with one attached hydrogen (secondary N) is 1. The normalized spacial score (nSPS) is 35.6. The minimum absolute atomic E-state index is 0.764. The van der Waals surface area contributed by atoms with Crippen LogP contribution in [-0.4, -0.2) is 12.1 Å². The average molecular weight is 209 g/mol. The molecule has 1 unspecified atom stereocenters. The molecule has 1 nitrogen and oxygen atoms in total. The van der Waals surface area contributed by atoms with Gasteiger partial charge in [-0.2, -0.15) is 0 Å². The molecule has 2 saturated carbocycles. The molecule has 1 heteroatoms. The Morgan fingerprint density at radius 1 is 1.00 bits per heavy atom. The summed E-state index contributed by atoms with van der Waals surface area (Å²) in [5.74, 6) is 1.93. The highest BCUT2D eigenvalue weighted by Gasteiger charge is 2.26. The van der Waals surface area contributed by atoms with Crippen molar-refractivity contribution in [2.24, 2.45) is 11.8 Å². The van der Waals surface area contributed by atoms with Crippen molar-refractivity contribution in [3.63, 3.8) is 0 Å². The first-order valence-corrected chi connectivity index (χ1v) is 7.01. The lowest BCUT2D eigenvalue weighted by Crippen LogP contribution is -2.40. The van der Waals surface area contributed by atoms with Crippen LogP contribution in [0.1, 0.15) is 65.2 Å². The van der Waals surface area contributed by atoms with Crippen molar-refractivity contribution in [2.75, 3.05) is 0 Å². The SMILES string of the molecule is C[C@H]1CCC(N[C@H](C)C2CCCCC2)C1. The van der Waals surface area contributed by atoms with Crippen molar-refractivity contribution in [3.05, 3.63) is 0 Å². The fourth-order valence-corrected chi connectivity index (χ4v) is 3.50. The van der Waals surface area contributed by atoms with E-state index in [-0.39, 0.29) is 0 Å². The molecule has 0 amide bonds. The first kappa shape index (κ1) is 11.4. The summed E-state index contributed by atoms with van der Waals surface area (Å²) in [5, 5.41) is 3.88. The van der Waals surface area contributed by atoms with Crippen LogP contribution >= 0.6 is 0 Å². The molecule has 0 spiro atoms. The molecule has 15 heavy (non-hydrogen) atoms. The van der Waals surface area contributed by atoms with Crippen LogP contribution < -0.4 is 5.32 Å². The summed E-state index contributed by atoms with van der Waals surface area (Å²) in [6, 6.07) is 1.59. The summed E-state index contributed by atoms with van der Waals surface area (Å²) in [6.07, 6.45) is 11.6. The molecule has 0 aromatic carbocycles. The third-order valence-corrected chi connectivity index (χ3v) is 4.55. The van der Waals surface area contributed by atoms with E-state index in [1.54, 1.807) is 0 Å². The van der Waals surface area contributed by atoms with Crippen LogP contribution in [0.15, 0.2) is 0 Å². The fourth-order valence-electron chi connectivity index (χ4n) is 3.50. The van der Waals surface area contributed by atoms with Gasteiger partial charge in [0.05, 0.1) is 0 Å². The predicted octanol–water partition coefficient (Wildman–Crippen LogP) is 3.73. The molecule has 0 aromatic rings. The van der Waals surface area contributed by atoms with Crippen LogP contribution in [0.4, 0.5) is 0 Å². The molecule has 0 saturated heterocycles. The molecule has 1 N–H and O–H groups in total. The van der Waals surface area contributed by atoms with Gasteiger partial charge in [-0.1, -0.05) is 26.2 Å². The summed E-state index contributed by atoms with van der Waals surface area (Å²) in [5.41, 5.74) is 0. The Morgan fingerprint density at radius 3 is 2.33 bits per heavy atom. The minimum Gasteiger partial charge on any atom is -0.311 e. The lowest BCUT2D eigenvalue weighted by atomic mass is 9.84. The van der Waals surface area contributed by atoms with E-state index in [9.17, 15) is 0 Å². The van der Waals surface area contributed by atoms with Gasteiger partial charge in [0.25, 0.3) is 0 Å². The van der Waals surface area contributed by atoms with Crippen molar-refractivity contribution in [3.8, 4) is 0 Å². The summed E-state index contributed by atoms with van der Waals surface area (Å²) in [6.45, 7) is 4.81. The fraction of sp³-hybridized carbons (Fsp3) is 1.00. The molecular formula is C14H27N. The standard InChI is InChI=1S/C14H27N/c1-11-8-9-14(10-11)15-12(2)13-6-4-3-5-7-13/h11-15H,3-10H2,1-2H3/t11-,12+,14?/m0/s1. The third kappa shape index (κ3) is 3.21. The average Bonchev–Trinajstić information content (AvgIpc) is 2.65. The van der Waals surface area contributed by atoms with Gasteiger partial charge in [0.15, 0.2) is 0 Å². The smallest absolute Gasteiger partial charge is 0.00722 e. The predicted molar refractivity (Wildman–Crippen MR) is 66.0 cm³/mol. The number of rotatable bonds is 3. The zero-order valence-electron chi connectivity index (χ0n) is 10.5. The van der Waals surface area contributed by atoms with E-state index in [1.165, 1.54) is 51.4 Å². The van der Waals surface area contributed by atoms with Gasteiger partial charge in [-0.05, 0) is 50.9 Å². The van der Waals surface area contributed by atoms with Crippen LogP contribution in [0.3, 0.4) is 0 Å². The maximum atomic E-state index is 3.88. The van der Waals surface area contributed by atoms with Gasteiger partial charge >= 0.3 is 0 Å². The molecule has 0 aliphatic heterocycles. The van der Waals surface area contributed by atoms with Crippen molar-refractivity contribution in [1.29, 1.82) is 0 Å². The Morgan fingerprint density at radius 2 is 1.73 bits per heavy atom. The first-order valence-electron chi connectivity index (χ1n) is 7.01. The maximum Gasteiger partial charge on any atom is 0.00722 e. The summed E-state index contributed by atoms with van der Waals surface area (Å²) < 4.78 is 0. The molecule has 2 rings (SSSR count). The Labute approximate surface area is 95.0 Å². The summed E-state index contributed by atoms with van der Waals surface area (Å²) >= 11 is 0. The van der Waals surface area contributed by atoms with Gasteiger partial charge in [0.2, 0.25) is 0 Å². The van der Waals surface area contributed by atoms with Crippen molar-refractivity contribution >= 4 is 0 Å². The first-order chi connectivity index (χ1) is 7.25. The van der Waals surface area contributed by atoms with Gasteiger partial charge in [-0.15, -0.1) is 0 Å². The second-order valence-electron chi connectivity index (χ2n) is 5.97. The van der Waals surface area contributed by atoms with Crippen molar-refractivity contribution in [1.82, 2.24) is 5.32 Å². The van der Waals surface area contributed by atoms with Crippen LogP contribution in [0.5, 0.6) is 0 Å². The molecule has 2 aliphatic carbocycles. The molecule has 0 aromatic heterocycles. The minimum atomic E-state index is 0.764. The lowest BCUT2D eigenvalue weighted by molar-refractivity contribution is 0.263. The second-order valence-corrected chi connectivity index (χ2v) is 5.97.